The van der Waals surface area contributed by atoms with Crippen molar-refractivity contribution < 1.29 is 0 Å². The predicted molar refractivity (Wildman–Crippen MR) is 129 cm³/mol. The topological polar surface area (TPSA) is 122 Å². The van der Waals surface area contributed by atoms with E-state index in [1.165, 1.54) is 11.8 Å². The maximum absolute atomic E-state index is 6.67. The molecule has 0 amide bonds. The molecule has 8 nitrogen and oxygen atoms in total. The number of aryl methyl sites for hydroxylation is 2. The largest absolute Gasteiger partial charge is 0.368 e. The number of aromatic nitrogens is 3. The van der Waals surface area contributed by atoms with Crippen molar-refractivity contribution in [2.24, 2.45) is 21.5 Å². The molecule has 0 aliphatic carbocycles. The highest BCUT2D eigenvalue weighted by Gasteiger charge is 2.26. The number of nitrogens with two attached hydrogens (primary N) is 2. The van der Waals surface area contributed by atoms with Crippen LogP contribution in [-0.4, -0.2) is 46.8 Å². The van der Waals surface area contributed by atoms with Gasteiger partial charge in [-0.1, -0.05) is 18.5 Å². The molecule has 1 aromatic carbocycles. The minimum Gasteiger partial charge on any atom is -0.368 e. The van der Waals surface area contributed by atoms with Gasteiger partial charge in [-0.2, -0.15) is 0 Å². The highest BCUT2D eigenvalue weighted by Crippen LogP contribution is 2.38. The van der Waals surface area contributed by atoms with Gasteiger partial charge in [0.15, 0.2) is 5.16 Å². The van der Waals surface area contributed by atoms with Gasteiger partial charge in [0.2, 0.25) is 5.96 Å². The molecule has 1 aliphatic rings. The second-order valence-corrected chi connectivity index (χ2v) is 8.92. The van der Waals surface area contributed by atoms with Gasteiger partial charge in [-0.25, -0.2) is 20.0 Å². The maximum atomic E-state index is 6.67. The first-order chi connectivity index (χ1) is 14.9. The third kappa shape index (κ3) is 4.39. The fourth-order valence-corrected chi connectivity index (χ4v) is 4.86. The molecule has 1 aliphatic heterocycles. The van der Waals surface area contributed by atoms with E-state index in [2.05, 4.69) is 33.5 Å². The minimum absolute atomic E-state index is 0.137. The molecule has 0 bridgehead atoms. The number of benzene rings is 1. The van der Waals surface area contributed by atoms with Gasteiger partial charge in [0.25, 0.3) is 0 Å². The van der Waals surface area contributed by atoms with Crippen molar-refractivity contribution >= 4 is 58.6 Å². The molecule has 3 heterocycles. The van der Waals surface area contributed by atoms with E-state index in [-0.39, 0.29) is 12.0 Å². The molecule has 4 rings (SSSR count). The van der Waals surface area contributed by atoms with Gasteiger partial charge in [-0.3, -0.25) is 0 Å². The summed E-state index contributed by atoms with van der Waals surface area (Å²) in [5.74, 6) is 0.977. The van der Waals surface area contributed by atoms with Gasteiger partial charge >= 0.3 is 0 Å². The number of guanidine groups is 1. The van der Waals surface area contributed by atoms with Crippen LogP contribution in [0.15, 0.2) is 38.2 Å². The van der Waals surface area contributed by atoms with E-state index >= 15 is 0 Å². The van der Waals surface area contributed by atoms with Crippen molar-refractivity contribution in [3.63, 3.8) is 0 Å². The molecule has 0 saturated carbocycles. The number of hydrogen-bond acceptors (Lipinski definition) is 6. The van der Waals surface area contributed by atoms with Crippen LogP contribution < -0.4 is 16.4 Å². The van der Waals surface area contributed by atoms with E-state index in [9.17, 15) is 0 Å². The molecule has 1 atom stereocenters. The number of aromatic amines is 1. The number of anilines is 1. The molecule has 2 aromatic heterocycles. The number of fused-ring (bicyclic) bond motifs is 1. The second kappa shape index (κ2) is 8.86. The van der Waals surface area contributed by atoms with Gasteiger partial charge in [0.05, 0.1) is 16.1 Å². The SMILES string of the molecule is C=N/C(N)=N\c1ccc(Sc2nc(N3CC[C@@H](N)C3)c3c(Cl)c(CC)[nH]c3n2)cc1C. The van der Waals surface area contributed by atoms with Crippen LogP contribution in [0, 0.1) is 6.92 Å². The number of hydrogen-bond donors (Lipinski definition) is 3. The monoisotopic (exact) mass is 456 g/mol. The van der Waals surface area contributed by atoms with Gasteiger partial charge in [0, 0.05) is 29.7 Å². The highest BCUT2D eigenvalue weighted by molar-refractivity contribution is 7.99. The smallest absolute Gasteiger partial charge is 0.219 e. The normalized spacial score (nSPS) is 17.0. The summed E-state index contributed by atoms with van der Waals surface area (Å²) in [5.41, 5.74) is 15.3. The maximum Gasteiger partial charge on any atom is 0.219 e. The van der Waals surface area contributed by atoms with E-state index in [1.54, 1.807) is 0 Å². The van der Waals surface area contributed by atoms with E-state index in [0.29, 0.717) is 10.2 Å². The Hall–Kier alpha value is -2.62. The standard InChI is InChI=1S/C21H25ClN8S/c1-4-14-17(22)16-18(26-14)28-21(29-19(16)30-8-7-12(23)10-30)31-13-5-6-15(11(2)9-13)27-20(24)25-3/h5-6,9,12H,3-4,7-8,10,23H2,1-2H3,(H2,24,27)(H,26,28,29)/t12-/m1/s1. The van der Waals surface area contributed by atoms with Crippen LogP contribution in [0.1, 0.15) is 24.6 Å². The first kappa shape index (κ1) is 21.6. The van der Waals surface area contributed by atoms with Crippen molar-refractivity contribution in [3.8, 4) is 0 Å². The molecule has 5 N–H and O–H groups in total. The highest BCUT2D eigenvalue weighted by atomic mass is 35.5. The van der Waals surface area contributed by atoms with Crippen LogP contribution >= 0.6 is 23.4 Å². The molecule has 1 fully saturated rings. The molecule has 31 heavy (non-hydrogen) atoms. The molecular formula is C21H25ClN8S. The van der Waals surface area contributed by atoms with Gasteiger partial charge in [-0.15, -0.1) is 0 Å². The number of halogens is 1. The molecule has 1 saturated heterocycles. The van der Waals surface area contributed by atoms with Crippen molar-refractivity contribution in [3.05, 3.63) is 34.5 Å². The van der Waals surface area contributed by atoms with E-state index in [1.807, 2.05) is 25.1 Å². The number of aliphatic imine (C=N–C) groups is 2. The lowest BCUT2D eigenvalue weighted by atomic mass is 10.2. The molecule has 0 spiro atoms. The average molecular weight is 457 g/mol. The first-order valence-electron chi connectivity index (χ1n) is 10.1. The van der Waals surface area contributed by atoms with Crippen LogP contribution in [0.25, 0.3) is 11.0 Å². The zero-order valence-electron chi connectivity index (χ0n) is 17.5. The Labute approximate surface area is 190 Å². The van der Waals surface area contributed by atoms with Crippen molar-refractivity contribution in [1.29, 1.82) is 0 Å². The van der Waals surface area contributed by atoms with Crippen LogP contribution in [-0.2, 0) is 6.42 Å². The summed E-state index contributed by atoms with van der Waals surface area (Å²) >= 11 is 8.16. The lowest BCUT2D eigenvalue weighted by Gasteiger charge is -2.18. The molecule has 0 radical (unpaired) electrons. The lowest BCUT2D eigenvalue weighted by Crippen LogP contribution is -2.27. The molecule has 0 unspecified atom stereocenters. The Bertz CT molecular complexity index is 1170. The Morgan fingerprint density at radius 2 is 2.23 bits per heavy atom. The predicted octanol–water partition coefficient (Wildman–Crippen LogP) is 3.82. The quantitative estimate of drug-likeness (QED) is 0.305. The minimum atomic E-state index is 0.137. The van der Waals surface area contributed by atoms with Gasteiger partial charge in [0.1, 0.15) is 11.5 Å². The summed E-state index contributed by atoms with van der Waals surface area (Å²) in [6.07, 6.45) is 1.72. The van der Waals surface area contributed by atoms with Crippen LogP contribution in [0.2, 0.25) is 5.02 Å². The number of H-pyrrole nitrogens is 1. The summed E-state index contributed by atoms with van der Waals surface area (Å²) in [5, 5.41) is 2.20. The van der Waals surface area contributed by atoms with Crippen LogP contribution in [0.4, 0.5) is 11.5 Å². The van der Waals surface area contributed by atoms with Crippen molar-refractivity contribution in [2.75, 3.05) is 18.0 Å². The Kier molecular flexibility index (Phi) is 6.17. The Balaban J connectivity index is 1.73. The molecule has 10 heteroatoms. The number of nitrogens with zero attached hydrogens (tertiary/aromatic N) is 5. The van der Waals surface area contributed by atoms with E-state index in [4.69, 9.17) is 33.0 Å². The van der Waals surface area contributed by atoms with Crippen molar-refractivity contribution in [1.82, 2.24) is 15.0 Å². The molecule has 162 valence electrons. The summed E-state index contributed by atoms with van der Waals surface area (Å²) in [4.78, 5) is 24.1. The van der Waals surface area contributed by atoms with E-state index < -0.39 is 0 Å². The van der Waals surface area contributed by atoms with Gasteiger partial charge < -0.3 is 21.4 Å². The van der Waals surface area contributed by atoms with Crippen LogP contribution in [0.5, 0.6) is 0 Å². The summed E-state index contributed by atoms with van der Waals surface area (Å²) in [6, 6.07) is 6.02. The summed E-state index contributed by atoms with van der Waals surface area (Å²) in [7, 11) is 0. The third-order valence-electron chi connectivity index (χ3n) is 5.28. The summed E-state index contributed by atoms with van der Waals surface area (Å²) in [6.45, 7) is 9.03. The fourth-order valence-electron chi connectivity index (χ4n) is 3.65. The zero-order chi connectivity index (χ0) is 22.1. The Morgan fingerprint density at radius 3 is 2.87 bits per heavy atom. The third-order valence-corrected chi connectivity index (χ3v) is 6.55. The second-order valence-electron chi connectivity index (χ2n) is 7.50. The molecule has 3 aromatic rings. The molecular weight excluding hydrogens is 432 g/mol. The number of nitrogens with one attached hydrogen (secondary N) is 1. The first-order valence-corrected chi connectivity index (χ1v) is 11.3. The van der Waals surface area contributed by atoms with E-state index in [0.717, 1.165) is 64.6 Å². The van der Waals surface area contributed by atoms with Crippen molar-refractivity contribution in [2.45, 2.75) is 42.8 Å². The lowest BCUT2D eigenvalue weighted by molar-refractivity contribution is 0.751. The summed E-state index contributed by atoms with van der Waals surface area (Å²) < 4.78 is 0. The van der Waals surface area contributed by atoms with Gasteiger partial charge in [-0.05, 0) is 62.0 Å². The zero-order valence-corrected chi connectivity index (χ0v) is 19.1. The fraction of sp³-hybridized carbons (Fsp3) is 0.333. The van der Waals surface area contributed by atoms with Crippen LogP contribution in [0.3, 0.4) is 0 Å². The average Bonchev–Trinajstić information content (AvgIpc) is 3.32. The Morgan fingerprint density at radius 1 is 1.42 bits per heavy atom. The number of rotatable bonds is 5.